The molecular weight excluding hydrogens is 243 g/mol. The molecule has 0 atom stereocenters. The molecule has 0 saturated heterocycles. The fraction of sp³-hybridized carbons (Fsp3) is 0.200. The van der Waals surface area contributed by atoms with Gasteiger partial charge in [0.25, 0.3) is 0 Å². The van der Waals surface area contributed by atoms with E-state index in [1.165, 1.54) is 0 Å². The van der Waals surface area contributed by atoms with E-state index in [0.717, 1.165) is 11.6 Å². The second-order valence-corrected chi connectivity index (χ2v) is 3.05. The molecule has 6 heteroatoms. The largest absolute Gasteiger partial charge is 1.00 e. The Kier molecular flexibility index (Phi) is 8.71. The summed E-state index contributed by atoms with van der Waals surface area (Å²) in [5, 5.41) is 0. The Morgan fingerprint density at radius 1 is 1.12 bits per heavy atom. The summed E-state index contributed by atoms with van der Waals surface area (Å²) in [6.07, 6.45) is 0.989. The van der Waals surface area contributed by atoms with Gasteiger partial charge < -0.3 is 17.7 Å². The molecule has 0 amide bonds. The van der Waals surface area contributed by atoms with Crippen molar-refractivity contribution in [3.63, 3.8) is 0 Å². The zero-order valence-electron chi connectivity index (χ0n) is 9.08. The van der Waals surface area contributed by atoms with Crippen molar-refractivity contribution in [2.24, 2.45) is 0 Å². The van der Waals surface area contributed by atoms with Gasteiger partial charge in [-0.05, 0) is 5.56 Å². The first-order chi connectivity index (χ1) is 7.08. The Bertz CT molecular complexity index is 314. The number of hydrogen-bond donors (Lipinski definition) is 0. The first-order valence-corrected chi connectivity index (χ1v) is 4.57. The molecule has 0 fully saturated rings. The average Bonchev–Trinajstić information content (AvgIpc) is 2.17. The van der Waals surface area contributed by atoms with Gasteiger partial charge in [0.05, 0.1) is 13.2 Å². The van der Waals surface area contributed by atoms with Gasteiger partial charge in [-0.1, -0.05) is 36.4 Å². The molecule has 0 aliphatic carbocycles. The van der Waals surface area contributed by atoms with Crippen molar-refractivity contribution in [3.8, 4) is 0 Å². The number of rotatable bonds is 5. The fourth-order valence-electron chi connectivity index (χ4n) is 1.03. The van der Waals surface area contributed by atoms with E-state index in [1.807, 2.05) is 30.3 Å². The summed E-state index contributed by atoms with van der Waals surface area (Å²) in [5.41, 5.74) is 0.948. The third kappa shape index (κ3) is 8.55. The summed E-state index contributed by atoms with van der Waals surface area (Å²) < 4.78 is 40.2. The molecule has 0 bridgehead atoms. The van der Waals surface area contributed by atoms with Crippen LogP contribution in [0, 0.1) is 0 Å². The van der Waals surface area contributed by atoms with Crippen molar-refractivity contribution in [3.05, 3.63) is 47.9 Å². The maximum atomic E-state index is 11.7. The molecule has 0 saturated carbocycles. The molecule has 0 heterocycles. The Morgan fingerprint density at radius 3 is 2.31 bits per heavy atom. The first-order valence-electron chi connectivity index (χ1n) is 4.57. The third-order valence-corrected chi connectivity index (χ3v) is 1.68. The van der Waals surface area contributed by atoms with E-state index in [2.05, 4.69) is 0 Å². The van der Waals surface area contributed by atoms with E-state index in [0.29, 0.717) is 6.61 Å². The normalized spacial score (nSPS) is 11.4. The SMILES string of the molecule is F[B-](F)(F)C=CCOCc1ccccc1.[K+]. The van der Waals surface area contributed by atoms with Gasteiger partial charge in [-0.2, -0.15) is 0 Å². The predicted molar refractivity (Wildman–Crippen MR) is 54.3 cm³/mol. The molecule has 0 unspecified atom stereocenters. The second kappa shape index (κ2) is 8.49. The van der Waals surface area contributed by atoms with Gasteiger partial charge in [0.2, 0.25) is 0 Å². The van der Waals surface area contributed by atoms with E-state index < -0.39 is 6.98 Å². The molecule has 0 spiro atoms. The molecule has 0 N–H and O–H groups in total. The summed E-state index contributed by atoms with van der Waals surface area (Å²) in [5.74, 6) is 0.241. The zero-order valence-corrected chi connectivity index (χ0v) is 12.2. The van der Waals surface area contributed by atoms with Crippen molar-refractivity contribution in [1.82, 2.24) is 0 Å². The Labute approximate surface area is 136 Å². The van der Waals surface area contributed by atoms with Crippen molar-refractivity contribution in [1.29, 1.82) is 0 Å². The van der Waals surface area contributed by atoms with Gasteiger partial charge in [0.15, 0.2) is 0 Å². The maximum Gasteiger partial charge on any atom is 1.00 e. The van der Waals surface area contributed by atoms with E-state index >= 15 is 0 Å². The Balaban J connectivity index is 0.00000225. The van der Waals surface area contributed by atoms with Gasteiger partial charge in [-0.3, -0.25) is 0 Å². The van der Waals surface area contributed by atoms with Crippen molar-refractivity contribution >= 4 is 6.98 Å². The van der Waals surface area contributed by atoms with Crippen LogP contribution in [0.15, 0.2) is 42.4 Å². The van der Waals surface area contributed by atoms with Crippen LogP contribution in [0.5, 0.6) is 0 Å². The molecular formula is C10H11BF3KO. The molecule has 16 heavy (non-hydrogen) atoms. The Morgan fingerprint density at radius 2 is 1.75 bits per heavy atom. The van der Waals surface area contributed by atoms with Gasteiger partial charge in [0.1, 0.15) is 0 Å². The van der Waals surface area contributed by atoms with Crippen molar-refractivity contribution in [2.75, 3.05) is 6.61 Å². The van der Waals surface area contributed by atoms with Crippen LogP contribution in [0.2, 0.25) is 0 Å². The predicted octanol–water partition coefficient (Wildman–Crippen LogP) is 0.150. The van der Waals surface area contributed by atoms with Crippen LogP contribution in [-0.2, 0) is 11.3 Å². The van der Waals surface area contributed by atoms with E-state index in [-0.39, 0.29) is 64.0 Å². The van der Waals surface area contributed by atoms with E-state index in [4.69, 9.17) is 4.74 Å². The summed E-state index contributed by atoms with van der Waals surface area (Å²) in [6.45, 7) is -4.52. The maximum absolute atomic E-state index is 11.7. The van der Waals surface area contributed by atoms with Crippen LogP contribution in [0.25, 0.3) is 0 Å². The molecule has 0 aliphatic heterocycles. The van der Waals surface area contributed by atoms with Crippen LogP contribution in [0.1, 0.15) is 5.56 Å². The van der Waals surface area contributed by atoms with Crippen LogP contribution in [0.4, 0.5) is 12.9 Å². The van der Waals surface area contributed by atoms with Crippen LogP contribution < -0.4 is 51.4 Å². The van der Waals surface area contributed by atoms with E-state index in [9.17, 15) is 12.9 Å². The van der Waals surface area contributed by atoms with Gasteiger partial charge >= 0.3 is 58.4 Å². The molecule has 0 aromatic heterocycles. The fourth-order valence-corrected chi connectivity index (χ4v) is 1.03. The Hall–Kier alpha value is 0.411. The molecule has 1 nitrogen and oxygen atoms in total. The van der Waals surface area contributed by atoms with Crippen LogP contribution >= 0.6 is 0 Å². The standard InChI is InChI=1S/C10H11BF3O.K/c12-11(13,14)7-4-8-15-9-10-5-2-1-3-6-10;/h1-7H,8-9H2;/q-1;+1. The van der Waals surface area contributed by atoms with Gasteiger partial charge in [0, 0.05) is 0 Å². The molecule has 0 radical (unpaired) electrons. The van der Waals surface area contributed by atoms with Gasteiger partial charge in [-0.15, -0.1) is 5.98 Å². The summed E-state index contributed by atoms with van der Waals surface area (Å²) in [6, 6.07) is 9.30. The van der Waals surface area contributed by atoms with Crippen molar-refractivity contribution < 1.29 is 69.1 Å². The molecule has 1 rings (SSSR count). The summed E-state index contributed by atoms with van der Waals surface area (Å²) in [7, 11) is 0. The topological polar surface area (TPSA) is 9.23 Å². The molecule has 0 aliphatic rings. The third-order valence-electron chi connectivity index (χ3n) is 1.68. The quantitative estimate of drug-likeness (QED) is 0.537. The molecule has 1 aromatic rings. The van der Waals surface area contributed by atoms with E-state index in [1.54, 1.807) is 0 Å². The summed E-state index contributed by atoms with van der Waals surface area (Å²) >= 11 is 0. The number of benzene rings is 1. The minimum absolute atomic E-state index is 0. The van der Waals surface area contributed by atoms with Crippen LogP contribution in [-0.4, -0.2) is 13.6 Å². The number of ether oxygens (including phenoxy) is 1. The smallest absolute Gasteiger partial charge is 0.445 e. The minimum atomic E-state index is -4.84. The first kappa shape index (κ1) is 16.4. The molecule has 82 valence electrons. The van der Waals surface area contributed by atoms with Crippen molar-refractivity contribution in [2.45, 2.75) is 6.61 Å². The monoisotopic (exact) mass is 254 g/mol. The molecule has 1 aromatic carbocycles. The minimum Gasteiger partial charge on any atom is -0.445 e. The second-order valence-electron chi connectivity index (χ2n) is 3.05. The summed E-state index contributed by atoms with van der Waals surface area (Å²) in [4.78, 5) is 0. The van der Waals surface area contributed by atoms with Gasteiger partial charge in [-0.25, -0.2) is 0 Å². The number of hydrogen-bond acceptors (Lipinski definition) is 1. The van der Waals surface area contributed by atoms with Crippen LogP contribution in [0.3, 0.4) is 0 Å². The number of halogens is 3. The average molecular weight is 254 g/mol. The zero-order chi connectivity index (χ0) is 11.1.